The van der Waals surface area contributed by atoms with E-state index in [-0.39, 0.29) is 12.2 Å². The van der Waals surface area contributed by atoms with Crippen molar-refractivity contribution < 1.29 is 31.5 Å². The van der Waals surface area contributed by atoms with Crippen LogP contribution in [0.4, 0.5) is 22.0 Å². The number of esters is 1. The molecule has 0 atom stereocenters. The van der Waals surface area contributed by atoms with Gasteiger partial charge in [-0.3, -0.25) is 4.79 Å². The highest BCUT2D eigenvalue weighted by Gasteiger charge is 2.34. The molecule has 0 fully saturated rings. The van der Waals surface area contributed by atoms with E-state index in [1.807, 2.05) is 0 Å². The van der Waals surface area contributed by atoms with E-state index in [0.717, 1.165) is 6.07 Å². The molecule has 0 N–H and O–H groups in total. The number of hydrogen-bond acceptors (Lipinski definition) is 3. The molecule has 0 amide bonds. The molecule has 0 aliphatic rings. The molecule has 0 unspecified atom stereocenters. The topological polar surface area (TPSA) is 39.2 Å². The lowest BCUT2D eigenvalue weighted by Crippen LogP contribution is -2.13. The molecular weight excluding hydrogens is 273 g/mol. The SMILES string of the molecule is CCOC(=O)Cc1cc(C(F)F)nc(C(F)(F)F)c1. The first-order valence-electron chi connectivity index (χ1n) is 5.26. The smallest absolute Gasteiger partial charge is 0.433 e. The number of halogens is 5. The van der Waals surface area contributed by atoms with Crippen LogP contribution in [0.25, 0.3) is 0 Å². The zero-order valence-electron chi connectivity index (χ0n) is 9.80. The number of nitrogens with zero attached hydrogens (tertiary/aromatic N) is 1. The minimum Gasteiger partial charge on any atom is -0.466 e. The lowest BCUT2D eigenvalue weighted by molar-refractivity contribution is -0.143. The van der Waals surface area contributed by atoms with Gasteiger partial charge in [0.1, 0.15) is 11.4 Å². The van der Waals surface area contributed by atoms with E-state index in [1.165, 1.54) is 6.92 Å². The van der Waals surface area contributed by atoms with E-state index < -0.39 is 36.4 Å². The summed E-state index contributed by atoms with van der Waals surface area (Å²) in [5.41, 5.74) is -2.69. The summed E-state index contributed by atoms with van der Waals surface area (Å²) in [5.74, 6) is -0.790. The van der Waals surface area contributed by atoms with E-state index in [9.17, 15) is 26.7 Å². The Morgan fingerprint density at radius 2 is 2.00 bits per heavy atom. The Bertz CT molecular complexity index is 459. The molecule has 1 aromatic heterocycles. The van der Waals surface area contributed by atoms with E-state index in [2.05, 4.69) is 9.72 Å². The van der Waals surface area contributed by atoms with Crippen molar-refractivity contribution in [2.24, 2.45) is 0 Å². The monoisotopic (exact) mass is 283 g/mol. The van der Waals surface area contributed by atoms with Gasteiger partial charge in [0, 0.05) is 0 Å². The van der Waals surface area contributed by atoms with Crippen LogP contribution in [0.2, 0.25) is 0 Å². The maximum Gasteiger partial charge on any atom is 0.433 e. The van der Waals surface area contributed by atoms with Gasteiger partial charge in [0.15, 0.2) is 0 Å². The average Bonchev–Trinajstić information content (AvgIpc) is 2.27. The van der Waals surface area contributed by atoms with Crippen molar-refractivity contribution in [1.29, 1.82) is 0 Å². The minimum absolute atomic E-state index is 0.0533. The Balaban J connectivity index is 3.10. The van der Waals surface area contributed by atoms with Crippen LogP contribution < -0.4 is 0 Å². The largest absolute Gasteiger partial charge is 0.466 e. The molecule has 0 bridgehead atoms. The molecule has 106 valence electrons. The normalized spacial score (nSPS) is 11.7. The second-order valence-electron chi connectivity index (χ2n) is 3.57. The number of carbonyl (C=O) groups excluding carboxylic acids is 1. The molecular formula is C11H10F5NO2. The van der Waals surface area contributed by atoms with Crippen LogP contribution in [0.15, 0.2) is 12.1 Å². The molecule has 1 rings (SSSR count). The minimum atomic E-state index is -4.85. The van der Waals surface area contributed by atoms with Gasteiger partial charge in [0.25, 0.3) is 6.43 Å². The Hall–Kier alpha value is -1.73. The van der Waals surface area contributed by atoms with Crippen LogP contribution in [-0.4, -0.2) is 17.6 Å². The molecule has 0 spiro atoms. The van der Waals surface area contributed by atoms with Crippen molar-refractivity contribution in [1.82, 2.24) is 4.98 Å². The van der Waals surface area contributed by atoms with Crippen LogP contribution in [0.5, 0.6) is 0 Å². The number of pyridine rings is 1. The lowest BCUT2D eigenvalue weighted by Gasteiger charge is -2.10. The summed E-state index contributed by atoms with van der Waals surface area (Å²) in [6.45, 7) is 1.58. The molecule has 8 heteroatoms. The maximum absolute atomic E-state index is 12.5. The summed E-state index contributed by atoms with van der Waals surface area (Å²) < 4.78 is 66.9. The van der Waals surface area contributed by atoms with Crippen molar-refractivity contribution in [2.75, 3.05) is 6.61 Å². The summed E-state index contributed by atoms with van der Waals surface area (Å²) in [4.78, 5) is 14.0. The molecule has 0 aliphatic carbocycles. The van der Waals surface area contributed by atoms with Crippen molar-refractivity contribution in [3.63, 3.8) is 0 Å². The summed E-state index contributed by atoms with van der Waals surface area (Å²) in [5, 5.41) is 0. The molecule has 0 aliphatic heterocycles. The highest BCUT2D eigenvalue weighted by atomic mass is 19.4. The van der Waals surface area contributed by atoms with Gasteiger partial charge in [0.05, 0.1) is 13.0 Å². The molecule has 1 aromatic rings. The predicted molar refractivity (Wildman–Crippen MR) is 54.5 cm³/mol. The predicted octanol–water partition coefficient (Wildman–Crippen LogP) is 3.14. The first-order valence-corrected chi connectivity index (χ1v) is 5.26. The molecule has 0 saturated heterocycles. The Kier molecular flexibility index (Phi) is 4.79. The van der Waals surface area contributed by atoms with E-state index >= 15 is 0 Å². The van der Waals surface area contributed by atoms with Crippen molar-refractivity contribution in [3.8, 4) is 0 Å². The molecule has 0 radical (unpaired) electrons. The Morgan fingerprint density at radius 1 is 1.37 bits per heavy atom. The standard InChI is InChI=1S/C11H10F5NO2/c1-2-19-9(18)5-6-3-7(10(12)13)17-8(4-6)11(14,15)16/h3-4,10H,2,5H2,1H3. The zero-order valence-corrected chi connectivity index (χ0v) is 9.80. The van der Waals surface area contributed by atoms with Gasteiger partial charge >= 0.3 is 12.1 Å². The zero-order chi connectivity index (χ0) is 14.6. The van der Waals surface area contributed by atoms with E-state index in [1.54, 1.807) is 0 Å². The second kappa shape index (κ2) is 5.94. The summed E-state index contributed by atoms with van der Waals surface area (Å²) in [7, 11) is 0. The van der Waals surface area contributed by atoms with Gasteiger partial charge in [-0.15, -0.1) is 0 Å². The van der Waals surface area contributed by atoms with Crippen molar-refractivity contribution >= 4 is 5.97 Å². The fourth-order valence-corrected chi connectivity index (χ4v) is 1.35. The Labute approximate surface area is 105 Å². The lowest BCUT2D eigenvalue weighted by atomic mass is 10.1. The molecule has 0 aromatic carbocycles. The number of rotatable bonds is 4. The highest BCUT2D eigenvalue weighted by Crippen LogP contribution is 2.30. The van der Waals surface area contributed by atoms with Gasteiger partial charge in [0.2, 0.25) is 0 Å². The third-order valence-electron chi connectivity index (χ3n) is 2.07. The summed E-state index contributed by atoms with van der Waals surface area (Å²) >= 11 is 0. The summed E-state index contributed by atoms with van der Waals surface area (Å²) in [6, 6.07) is 1.32. The van der Waals surface area contributed by atoms with Gasteiger partial charge in [-0.25, -0.2) is 13.8 Å². The van der Waals surface area contributed by atoms with Crippen molar-refractivity contribution in [2.45, 2.75) is 25.9 Å². The fourth-order valence-electron chi connectivity index (χ4n) is 1.35. The van der Waals surface area contributed by atoms with Gasteiger partial charge in [-0.1, -0.05) is 0 Å². The molecule has 19 heavy (non-hydrogen) atoms. The van der Waals surface area contributed by atoms with E-state index in [4.69, 9.17) is 0 Å². The number of hydrogen-bond donors (Lipinski definition) is 0. The highest BCUT2D eigenvalue weighted by molar-refractivity contribution is 5.72. The van der Waals surface area contributed by atoms with Crippen LogP contribution in [0.1, 0.15) is 30.3 Å². The maximum atomic E-state index is 12.5. The first-order chi connectivity index (χ1) is 8.74. The number of aromatic nitrogens is 1. The van der Waals surface area contributed by atoms with E-state index in [0.29, 0.717) is 6.07 Å². The Morgan fingerprint density at radius 3 is 2.47 bits per heavy atom. The van der Waals surface area contributed by atoms with Crippen LogP contribution >= 0.6 is 0 Å². The third kappa shape index (κ3) is 4.46. The van der Waals surface area contributed by atoms with Crippen molar-refractivity contribution in [3.05, 3.63) is 29.1 Å². The van der Waals surface area contributed by atoms with Gasteiger partial charge in [-0.2, -0.15) is 13.2 Å². The van der Waals surface area contributed by atoms with Gasteiger partial charge in [-0.05, 0) is 24.6 Å². The third-order valence-corrected chi connectivity index (χ3v) is 2.07. The number of carbonyl (C=O) groups is 1. The molecule has 3 nitrogen and oxygen atoms in total. The van der Waals surface area contributed by atoms with Crippen LogP contribution in [0.3, 0.4) is 0 Å². The first kappa shape index (κ1) is 15.3. The van der Waals surface area contributed by atoms with Crippen LogP contribution in [0, 0.1) is 0 Å². The average molecular weight is 283 g/mol. The second-order valence-corrected chi connectivity index (χ2v) is 3.57. The number of ether oxygens (including phenoxy) is 1. The quantitative estimate of drug-likeness (QED) is 0.629. The number of alkyl halides is 5. The molecule has 0 saturated carbocycles. The van der Waals surface area contributed by atoms with Gasteiger partial charge < -0.3 is 4.74 Å². The molecule has 1 heterocycles. The van der Waals surface area contributed by atoms with Crippen LogP contribution in [-0.2, 0) is 22.1 Å². The summed E-state index contributed by atoms with van der Waals surface area (Å²) in [6.07, 6.45) is -8.52. The fraction of sp³-hybridized carbons (Fsp3) is 0.455.